The van der Waals surface area contributed by atoms with Gasteiger partial charge in [0.2, 0.25) is 0 Å². The zero-order valence-electron chi connectivity index (χ0n) is 10.9. The molecule has 3 heteroatoms. The number of nitrogens with one attached hydrogen (secondary N) is 1. The van der Waals surface area contributed by atoms with Gasteiger partial charge >= 0.3 is 0 Å². The molecule has 1 unspecified atom stereocenters. The number of benzene rings is 1. The summed E-state index contributed by atoms with van der Waals surface area (Å²) in [6, 6.07) is 5.76. The third-order valence-electron chi connectivity index (χ3n) is 4.05. The molecule has 1 N–H and O–H groups in total. The Morgan fingerprint density at radius 2 is 2.06 bits per heavy atom. The molecular weight excluding hydrogens is 265 g/mol. The molecule has 0 radical (unpaired) electrons. The van der Waals surface area contributed by atoms with Gasteiger partial charge in [-0.05, 0) is 56.0 Å². The van der Waals surface area contributed by atoms with E-state index in [4.69, 9.17) is 23.2 Å². The van der Waals surface area contributed by atoms with Crippen LogP contribution in [0.1, 0.15) is 44.6 Å². The Kier molecular flexibility index (Phi) is 4.94. The minimum atomic E-state index is 0.199. The van der Waals surface area contributed by atoms with Crippen molar-refractivity contribution in [3.63, 3.8) is 0 Å². The number of halogens is 2. The highest BCUT2D eigenvalue weighted by molar-refractivity contribution is 6.33. The maximum Gasteiger partial charge on any atom is 0.0439 e. The molecule has 1 nitrogen and oxygen atoms in total. The summed E-state index contributed by atoms with van der Waals surface area (Å²) in [6.07, 6.45) is 7.26. The molecule has 1 aliphatic heterocycles. The lowest BCUT2D eigenvalue weighted by Gasteiger charge is -2.33. The maximum atomic E-state index is 6.29. The van der Waals surface area contributed by atoms with E-state index in [1.165, 1.54) is 31.2 Å². The molecule has 1 atom stereocenters. The van der Waals surface area contributed by atoms with Gasteiger partial charge in [-0.1, -0.05) is 43.0 Å². The Hall–Kier alpha value is -0.240. The van der Waals surface area contributed by atoms with Crippen LogP contribution in [-0.4, -0.2) is 12.1 Å². The van der Waals surface area contributed by atoms with Gasteiger partial charge in [0.1, 0.15) is 0 Å². The van der Waals surface area contributed by atoms with Crippen molar-refractivity contribution in [3.05, 3.63) is 33.8 Å². The second-order valence-corrected chi connectivity index (χ2v) is 6.13. The second kappa shape index (κ2) is 6.27. The second-order valence-electron chi connectivity index (χ2n) is 5.28. The minimum Gasteiger partial charge on any atom is -0.311 e. The van der Waals surface area contributed by atoms with E-state index in [1.807, 2.05) is 18.2 Å². The van der Waals surface area contributed by atoms with Gasteiger partial charge in [0, 0.05) is 15.6 Å². The van der Waals surface area contributed by atoms with Crippen LogP contribution < -0.4 is 5.32 Å². The summed E-state index contributed by atoms with van der Waals surface area (Å²) in [5.41, 5.74) is 1.37. The van der Waals surface area contributed by atoms with Crippen molar-refractivity contribution in [3.8, 4) is 0 Å². The van der Waals surface area contributed by atoms with Crippen molar-refractivity contribution in [2.45, 2.75) is 51.0 Å². The summed E-state index contributed by atoms with van der Waals surface area (Å²) in [7, 11) is 0. The van der Waals surface area contributed by atoms with E-state index in [9.17, 15) is 0 Å². The molecule has 2 rings (SSSR count). The first-order valence-corrected chi connectivity index (χ1v) is 7.60. The average Bonchev–Trinajstić information content (AvgIpc) is 2.60. The molecular formula is C15H21Cl2N. The molecule has 0 aliphatic carbocycles. The maximum absolute atomic E-state index is 6.29. The Morgan fingerprint density at radius 3 is 2.83 bits per heavy atom. The predicted octanol–water partition coefficient (Wildman–Crippen LogP) is 4.85. The summed E-state index contributed by atoms with van der Waals surface area (Å²) in [4.78, 5) is 0. The first-order chi connectivity index (χ1) is 8.65. The van der Waals surface area contributed by atoms with Crippen LogP contribution >= 0.6 is 23.2 Å². The number of rotatable bonds is 3. The van der Waals surface area contributed by atoms with Crippen LogP contribution in [0.15, 0.2) is 18.2 Å². The third kappa shape index (κ3) is 3.40. The lowest BCUT2D eigenvalue weighted by molar-refractivity contribution is 0.302. The Bertz CT molecular complexity index is 395. The van der Waals surface area contributed by atoms with Crippen LogP contribution in [0.4, 0.5) is 0 Å². The van der Waals surface area contributed by atoms with Crippen LogP contribution in [0.25, 0.3) is 0 Å². The van der Waals surface area contributed by atoms with Crippen LogP contribution in [0, 0.1) is 0 Å². The van der Waals surface area contributed by atoms with Gasteiger partial charge in [0.25, 0.3) is 0 Å². The zero-order valence-corrected chi connectivity index (χ0v) is 12.4. The summed E-state index contributed by atoms with van der Waals surface area (Å²) in [5.74, 6) is 0. The fourth-order valence-corrected chi connectivity index (χ4v) is 3.21. The highest BCUT2D eigenvalue weighted by atomic mass is 35.5. The van der Waals surface area contributed by atoms with Crippen LogP contribution in [0.3, 0.4) is 0 Å². The zero-order chi connectivity index (χ0) is 13.0. The lowest BCUT2D eigenvalue weighted by atomic mass is 9.84. The van der Waals surface area contributed by atoms with Crippen molar-refractivity contribution < 1.29 is 0 Å². The highest BCUT2D eigenvalue weighted by Gasteiger charge is 2.29. The van der Waals surface area contributed by atoms with E-state index in [2.05, 4.69) is 12.2 Å². The predicted molar refractivity (Wildman–Crippen MR) is 79.7 cm³/mol. The smallest absolute Gasteiger partial charge is 0.0439 e. The molecule has 0 saturated carbocycles. The van der Waals surface area contributed by atoms with Gasteiger partial charge in [-0.3, -0.25) is 0 Å². The van der Waals surface area contributed by atoms with Crippen molar-refractivity contribution >= 4 is 23.2 Å². The van der Waals surface area contributed by atoms with E-state index >= 15 is 0 Å². The van der Waals surface area contributed by atoms with E-state index in [-0.39, 0.29) is 5.54 Å². The van der Waals surface area contributed by atoms with Gasteiger partial charge in [-0.25, -0.2) is 0 Å². The van der Waals surface area contributed by atoms with Gasteiger partial charge in [0.05, 0.1) is 0 Å². The Labute approximate surface area is 120 Å². The van der Waals surface area contributed by atoms with E-state index in [1.54, 1.807) is 0 Å². The fraction of sp³-hybridized carbons (Fsp3) is 0.600. The summed E-state index contributed by atoms with van der Waals surface area (Å²) in [5, 5.41) is 5.34. The van der Waals surface area contributed by atoms with E-state index < -0.39 is 0 Å². The van der Waals surface area contributed by atoms with Gasteiger partial charge < -0.3 is 5.32 Å². The topological polar surface area (TPSA) is 12.0 Å². The normalized spacial score (nSPS) is 24.8. The van der Waals surface area contributed by atoms with Crippen LogP contribution in [0.2, 0.25) is 10.0 Å². The largest absolute Gasteiger partial charge is 0.311 e. The van der Waals surface area contributed by atoms with Crippen molar-refractivity contribution in [1.82, 2.24) is 5.32 Å². The molecule has 0 amide bonds. The third-order valence-corrected chi connectivity index (χ3v) is 4.65. The SMILES string of the molecule is CCC1(Cc2cc(Cl)ccc2Cl)CCCCCN1. The summed E-state index contributed by atoms with van der Waals surface area (Å²) >= 11 is 12.4. The monoisotopic (exact) mass is 285 g/mol. The molecule has 0 bridgehead atoms. The van der Waals surface area contributed by atoms with E-state index in [0.29, 0.717) is 0 Å². The molecule has 100 valence electrons. The first kappa shape index (κ1) is 14.2. The molecule has 18 heavy (non-hydrogen) atoms. The first-order valence-electron chi connectivity index (χ1n) is 6.84. The standard InChI is InChI=1S/C15H21Cl2N/c1-2-15(8-4-3-5-9-18-15)11-12-10-13(16)6-7-14(12)17/h6-7,10,18H,2-5,8-9,11H2,1H3. The van der Waals surface area contributed by atoms with E-state index in [0.717, 1.165) is 29.4 Å². The van der Waals surface area contributed by atoms with Crippen molar-refractivity contribution in [1.29, 1.82) is 0 Å². The lowest BCUT2D eigenvalue weighted by Crippen LogP contribution is -2.46. The molecule has 1 aromatic rings. The molecule has 1 heterocycles. The Morgan fingerprint density at radius 1 is 1.22 bits per heavy atom. The number of hydrogen-bond acceptors (Lipinski definition) is 1. The average molecular weight is 286 g/mol. The number of hydrogen-bond donors (Lipinski definition) is 1. The Balaban J connectivity index is 2.20. The fourth-order valence-electron chi connectivity index (χ4n) is 2.83. The van der Waals surface area contributed by atoms with Crippen LogP contribution in [0.5, 0.6) is 0 Å². The quantitative estimate of drug-likeness (QED) is 0.837. The van der Waals surface area contributed by atoms with Crippen molar-refractivity contribution in [2.24, 2.45) is 0 Å². The summed E-state index contributed by atoms with van der Waals surface area (Å²) in [6.45, 7) is 3.38. The molecule has 0 aromatic heterocycles. The van der Waals surface area contributed by atoms with Gasteiger partial charge in [-0.15, -0.1) is 0 Å². The van der Waals surface area contributed by atoms with Gasteiger partial charge in [-0.2, -0.15) is 0 Å². The molecule has 0 spiro atoms. The molecule has 1 fully saturated rings. The minimum absolute atomic E-state index is 0.199. The highest BCUT2D eigenvalue weighted by Crippen LogP contribution is 2.30. The molecule has 1 aromatic carbocycles. The van der Waals surface area contributed by atoms with Gasteiger partial charge in [0.15, 0.2) is 0 Å². The van der Waals surface area contributed by atoms with Crippen LogP contribution in [-0.2, 0) is 6.42 Å². The molecule has 1 saturated heterocycles. The van der Waals surface area contributed by atoms with Crippen molar-refractivity contribution in [2.75, 3.05) is 6.54 Å². The summed E-state index contributed by atoms with van der Waals surface area (Å²) < 4.78 is 0. The molecule has 1 aliphatic rings.